The second kappa shape index (κ2) is 6.02. The number of amides is 1. The summed E-state index contributed by atoms with van der Waals surface area (Å²) in [7, 11) is 0. The Hall–Kier alpha value is -2.08. The number of hydrogen-bond donors (Lipinski definition) is 0. The van der Waals surface area contributed by atoms with Gasteiger partial charge >= 0.3 is 0 Å². The lowest BCUT2D eigenvalue weighted by molar-refractivity contribution is 0.0752. The highest BCUT2D eigenvalue weighted by Gasteiger charge is 2.49. The van der Waals surface area contributed by atoms with Gasteiger partial charge in [0.1, 0.15) is 5.69 Å². The standard InChI is InChI=1S/C18H22ClN5O/c1-3-22-9-14(19)8-15(22)16(25)23-7-5-18(10-23)11-24(12-18)17-20-6-4-13(2)21-17/h4,6,8-9H,3,5,7,10-12H2,1-2H3. The van der Waals surface area contributed by atoms with Crippen molar-refractivity contribution >= 4 is 23.5 Å². The molecule has 2 saturated heterocycles. The van der Waals surface area contributed by atoms with Crippen LogP contribution >= 0.6 is 11.6 Å². The number of likely N-dealkylation sites (tertiary alicyclic amines) is 1. The number of rotatable bonds is 3. The number of carbonyl (C=O) groups excluding carboxylic acids is 1. The molecular weight excluding hydrogens is 338 g/mol. The Morgan fingerprint density at radius 3 is 2.88 bits per heavy atom. The van der Waals surface area contributed by atoms with Crippen molar-refractivity contribution in [3.05, 3.63) is 40.9 Å². The van der Waals surface area contributed by atoms with Gasteiger partial charge in [-0.25, -0.2) is 9.97 Å². The molecule has 1 amide bonds. The first-order valence-corrected chi connectivity index (χ1v) is 9.07. The van der Waals surface area contributed by atoms with E-state index in [1.54, 1.807) is 12.3 Å². The van der Waals surface area contributed by atoms with Crippen LogP contribution in [0.25, 0.3) is 0 Å². The fourth-order valence-corrected chi connectivity index (χ4v) is 4.16. The van der Waals surface area contributed by atoms with Gasteiger partial charge < -0.3 is 14.4 Å². The van der Waals surface area contributed by atoms with Gasteiger partial charge in [-0.2, -0.15) is 0 Å². The van der Waals surface area contributed by atoms with Crippen LogP contribution in [-0.4, -0.2) is 51.5 Å². The molecular formula is C18H22ClN5O. The summed E-state index contributed by atoms with van der Waals surface area (Å²) >= 11 is 6.08. The number of hydrogen-bond acceptors (Lipinski definition) is 4. The average Bonchev–Trinajstić information content (AvgIpc) is 3.16. The molecule has 0 atom stereocenters. The Labute approximate surface area is 152 Å². The zero-order valence-electron chi connectivity index (χ0n) is 14.6. The first-order chi connectivity index (χ1) is 12.0. The number of nitrogens with zero attached hydrogens (tertiary/aromatic N) is 5. The van der Waals surface area contributed by atoms with E-state index in [4.69, 9.17) is 11.6 Å². The Morgan fingerprint density at radius 1 is 1.36 bits per heavy atom. The SMILES string of the molecule is CCn1cc(Cl)cc1C(=O)N1CCC2(C1)CN(c1nccc(C)n1)C2. The van der Waals surface area contributed by atoms with Crippen molar-refractivity contribution in [2.45, 2.75) is 26.8 Å². The van der Waals surface area contributed by atoms with Crippen LogP contribution in [0.3, 0.4) is 0 Å². The van der Waals surface area contributed by atoms with E-state index in [0.29, 0.717) is 10.7 Å². The molecule has 7 heteroatoms. The molecule has 1 spiro atoms. The van der Waals surface area contributed by atoms with Crippen LogP contribution < -0.4 is 4.90 Å². The van der Waals surface area contributed by atoms with Crippen molar-refractivity contribution in [3.8, 4) is 0 Å². The van der Waals surface area contributed by atoms with E-state index in [1.807, 2.05) is 35.6 Å². The summed E-state index contributed by atoms with van der Waals surface area (Å²) in [5, 5.41) is 0.616. The van der Waals surface area contributed by atoms with Gasteiger partial charge in [-0.1, -0.05) is 11.6 Å². The predicted octanol–water partition coefficient (Wildman–Crippen LogP) is 2.61. The quantitative estimate of drug-likeness (QED) is 0.845. The fourth-order valence-electron chi connectivity index (χ4n) is 3.94. The zero-order chi connectivity index (χ0) is 17.6. The fraction of sp³-hybridized carbons (Fsp3) is 0.500. The zero-order valence-corrected chi connectivity index (χ0v) is 15.3. The molecule has 0 N–H and O–H groups in total. The summed E-state index contributed by atoms with van der Waals surface area (Å²) in [6, 6.07) is 3.68. The van der Waals surface area contributed by atoms with Crippen molar-refractivity contribution in [1.82, 2.24) is 19.4 Å². The Balaban J connectivity index is 1.43. The van der Waals surface area contributed by atoms with E-state index in [1.165, 1.54) is 0 Å². The summed E-state index contributed by atoms with van der Waals surface area (Å²) in [6.45, 7) is 8.15. The van der Waals surface area contributed by atoms with E-state index in [2.05, 4.69) is 14.9 Å². The van der Waals surface area contributed by atoms with Crippen molar-refractivity contribution in [2.24, 2.45) is 5.41 Å². The molecule has 0 bridgehead atoms. The summed E-state index contributed by atoms with van der Waals surface area (Å²) in [5.41, 5.74) is 1.84. The van der Waals surface area contributed by atoms with E-state index in [-0.39, 0.29) is 11.3 Å². The molecule has 2 fully saturated rings. The van der Waals surface area contributed by atoms with Crippen LogP contribution in [0.5, 0.6) is 0 Å². The molecule has 2 aliphatic rings. The van der Waals surface area contributed by atoms with Crippen molar-refractivity contribution in [3.63, 3.8) is 0 Å². The Morgan fingerprint density at radius 2 is 2.16 bits per heavy atom. The van der Waals surface area contributed by atoms with Crippen LogP contribution in [0.4, 0.5) is 5.95 Å². The van der Waals surface area contributed by atoms with E-state index in [9.17, 15) is 4.79 Å². The minimum absolute atomic E-state index is 0.0795. The minimum Gasteiger partial charge on any atom is -0.342 e. The number of aryl methyl sites for hydroxylation is 2. The molecule has 25 heavy (non-hydrogen) atoms. The third-order valence-electron chi connectivity index (χ3n) is 5.27. The molecule has 0 aliphatic carbocycles. The predicted molar refractivity (Wildman–Crippen MR) is 97.1 cm³/mol. The highest BCUT2D eigenvalue weighted by molar-refractivity contribution is 6.31. The third kappa shape index (κ3) is 2.88. The lowest BCUT2D eigenvalue weighted by atomic mass is 9.79. The van der Waals surface area contributed by atoms with E-state index < -0.39 is 0 Å². The first kappa shape index (κ1) is 16.4. The molecule has 4 rings (SSSR count). The van der Waals surface area contributed by atoms with Crippen LogP contribution in [0.1, 0.15) is 29.5 Å². The van der Waals surface area contributed by atoms with Crippen molar-refractivity contribution in [2.75, 3.05) is 31.1 Å². The van der Waals surface area contributed by atoms with Crippen molar-refractivity contribution < 1.29 is 4.79 Å². The van der Waals surface area contributed by atoms with Gasteiger partial charge in [-0.05, 0) is 32.4 Å². The highest BCUT2D eigenvalue weighted by Crippen LogP contribution is 2.41. The molecule has 0 aromatic carbocycles. The molecule has 4 heterocycles. The molecule has 0 unspecified atom stereocenters. The van der Waals surface area contributed by atoms with Gasteiger partial charge in [0.05, 0.1) is 5.02 Å². The molecule has 6 nitrogen and oxygen atoms in total. The monoisotopic (exact) mass is 359 g/mol. The molecule has 132 valence electrons. The van der Waals surface area contributed by atoms with Gasteiger partial charge in [-0.15, -0.1) is 0 Å². The normalized spacial score (nSPS) is 18.7. The lowest BCUT2D eigenvalue weighted by Gasteiger charge is -2.47. The van der Waals surface area contributed by atoms with Gasteiger partial charge in [-0.3, -0.25) is 4.79 Å². The summed E-state index contributed by atoms with van der Waals surface area (Å²) < 4.78 is 1.92. The van der Waals surface area contributed by atoms with Crippen LogP contribution in [-0.2, 0) is 6.54 Å². The molecule has 0 radical (unpaired) electrons. The van der Waals surface area contributed by atoms with Gasteiger partial charge in [0.15, 0.2) is 0 Å². The maximum Gasteiger partial charge on any atom is 0.270 e. The van der Waals surface area contributed by atoms with Crippen LogP contribution in [0, 0.1) is 12.3 Å². The molecule has 2 aliphatic heterocycles. The maximum absolute atomic E-state index is 12.9. The number of carbonyl (C=O) groups is 1. The highest BCUT2D eigenvalue weighted by atomic mass is 35.5. The third-order valence-corrected chi connectivity index (χ3v) is 5.47. The topological polar surface area (TPSA) is 54.3 Å². The summed E-state index contributed by atoms with van der Waals surface area (Å²) in [6.07, 6.45) is 4.65. The van der Waals surface area contributed by atoms with Gasteiger partial charge in [0.25, 0.3) is 5.91 Å². The number of halogens is 1. The molecule has 0 saturated carbocycles. The van der Waals surface area contributed by atoms with E-state index >= 15 is 0 Å². The molecule has 2 aromatic rings. The summed E-state index contributed by atoms with van der Waals surface area (Å²) in [5.74, 6) is 0.873. The van der Waals surface area contributed by atoms with Crippen molar-refractivity contribution in [1.29, 1.82) is 0 Å². The number of aromatic nitrogens is 3. The Kier molecular flexibility index (Phi) is 3.95. The second-order valence-electron chi connectivity index (χ2n) is 7.16. The van der Waals surface area contributed by atoms with Crippen LogP contribution in [0.15, 0.2) is 24.5 Å². The minimum atomic E-state index is 0.0795. The van der Waals surface area contributed by atoms with E-state index in [0.717, 1.165) is 50.8 Å². The van der Waals surface area contributed by atoms with Gasteiger partial charge in [0, 0.05) is 56.2 Å². The largest absolute Gasteiger partial charge is 0.342 e. The lowest BCUT2D eigenvalue weighted by Crippen LogP contribution is -2.58. The summed E-state index contributed by atoms with van der Waals surface area (Å²) in [4.78, 5) is 25.9. The smallest absolute Gasteiger partial charge is 0.270 e. The molecule has 2 aromatic heterocycles. The average molecular weight is 360 g/mol. The number of anilines is 1. The maximum atomic E-state index is 12.9. The second-order valence-corrected chi connectivity index (χ2v) is 7.60. The first-order valence-electron chi connectivity index (χ1n) is 8.69. The Bertz CT molecular complexity index is 812. The van der Waals surface area contributed by atoms with Crippen LogP contribution in [0.2, 0.25) is 5.02 Å². The van der Waals surface area contributed by atoms with Gasteiger partial charge in [0.2, 0.25) is 5.95 Å².